The van der Waals surface area contributed by atoms with Gasteiger partial charge in [0.2, 0.25) is 0 Å². The number of carbonyl (C=O) groups excluding carboxylic acids is 2. The maximum absolute atomic E-state index is 13.4. The Hall–Kier alpha value is -3.02. The van der Waals surface area contributed by atoms with Crippen LogP contribution in [0.4, 0.5) is 10.1 Å². The van der Waals surface area contributed by atoms with Crippen molar-refractivity contribution in [1.82, 2.24) is 4.98 Å². The number of benzene rings is 1. The second-order valence-corrected chi connectivity index (χ2v) is 10.0. The number of pyridine rings is 1. The van der Waals surface area contributed by atoms with Crippen LogP contribution in [0.3, 0.4) is 0 Å². The molecule has 0 saturated heterocycles. The number of methoxy groups -OCH3 is 2. The Morgan fingerprint density at radius 2 is 1.64 bits per heavy atom. The molecular formula is C21H18ClFN2O6S2. The first kappa shape index (κ1) is 24.6. The fourth-order valence-corrected chi connectivity index (χ4v) is 5.60. The molecule has 0 aliphatic carbocycles. The number of hydrogen-bond donors (Lipinski definition) is 1. The zero-order valence-corrected chi connectivity index (χ0v) is 20.2. The molecule has 1 N–H and O–H groups in total. The van der Waals surface area contributed by atoms with Crippen molar-refractivity contribution in [3.05, 3.63) is 63.0 Å². The number of ether oxygens (including phenoxy) is 2. The maximum Gasteiger partial charge on any atom is 0.340 e. The van der Waals surface area contributed by atoms with Gasteiger partial charge >= 0.3 is 11.9 Å². The van der Waals surface area contributed by atoms with Gasteiger partial charge in [-0.3, -0.25) is 9.71 Å². The van der Waals surface area contributed by atoms with Gasteiger partial charge in [0.25, 0.3) is 10.0 Å². The Kier molecular flexibility index (Phi) is 7.06. The Balaban J connectivity index is 2.16. The molecule has 12 heteroatoms. The van der Waals surface area contributed by atoms with Crippen LogP contribution in [-0.4, -0.2) is 39.6 Å². The molecule has 33 heavy (non-hydrogen) atoms. The number of nitrogens with zero attached hydrogens (tertiary/aromatic N) is 1. The van der Waals surface area contributed by atoms with Gasteiger partial charge in [-0.05, 0) is 43.7 Å². The van der Waals surface area contributed by atoms with E-state index in [0.29, 0.717) is 11.4 Å². The molecule has 2 heterocycles. The van der Waals surface area contributed by atoms with Crippen molar-refractivity contribution < 1.29 is 31.9 Å². The van der Waals surface area contributed by atoms with Crippen molar-refractivity contribution in [2.45, 2.75) is 18.1 Å². The van der Waals surface area contributed by atoms with Gasteiger partial charge in [0, 0.05) is 10.9 Å². The van der Waals surface area contributed by atoms with Gasteiger partial charge in [0.05, 0.1) is 47.4 Å². The average molecular weight is 513 g/mol. The van der Waals surface area contributed by atoms with E-state index < -0.39 is 27.8 Å². The quantitative estimate of drug-likeness (QED) is 0.480. The van der Waals surface area contributed by atoms with Crippen LogP contribution >= 0.6 is 22.9 Å². The first-order chi connectivity index (χ1) is 15.5. The molecule has 3 rings (SSSR count). The van der Waals surface area contributed by atoms with Gasteiger partial charge in [-0.15, -0.1) is 11.3 Å². The fourth-order valence-electron chi connectivity index (χ4n) is 3.20. The number of sulfonamides is 1. The van der Waals surface area contributed by atoms with E-state index in [1.807, 2.05) is 0 Å². The van der Waals surface area contributed by atoms with Gasteiger partial charge in [-0.2, -0.15) is 0 Å². The van der Waals surface area contributed by atoms with Crippen LogP contribution in [0.15, 0.2) is 33.9 Å². The minimum absolute atomic E-state index is 0.0172. The number of aromatic nitrogens is 1. The molecule has 3 aromatic rings. The number of nitrogens with one attached hydrogen (secondary N) is 1. The number of esters is 2. The van der Waals surface area contributed by atoms with Gasteiger partial charge in [-0.25, -0.2) is 22.4 Å². The molecular weight excluding hydrogens is 495 g/mol. The highest BCUT2D eigenvalue weighted by Gasteiger charge is 2.29. The van der Waals surface area contributed by atoms with E-state index in [1.165, 1.54) is 31.7 Å². The lowest BCUT2D eigenvalue weighted by Crippen LogP contribution is -2.16. The van der Waals surface area contributed by atoms with Gasteiger partial charge in [0.1, 0.15) is 10.0 Å². The van der Waals surface area contributed by atoms with E-state index in [-0.39, 0.29) is 37.2 Å². The molecule has 2 aromatic heterocycles. The van der Waals surface area contributed by atoms with Crippen LogP contribution in [0.5, 0.6) is 0 Å². The third kappa shape index (κ3) is 4.85. The predicted molar refractivity (Wildman–Crippen MR) is 122 cm³/mol. The molecule has 0 fully saturated rings. The summed E-state index contributed by atoms with van der Waals surface area (Å²) >= 11 is 6.59. The molecule has 0 spiro atoms. The van der Waals surface area contributed by atoms with Crippen LogP contribution < -0.4 is 4.72 Å². The smallest absolute Gasteiger partial charge is 0.340 e. The molecule has 0 saturated carbocycles. The molecule has 1 aromatic carbocycles. The largest absolute Gasteiger partial charge is 0.465 e. The summed E-state index contributed by atoms with van der Waals surface area (Å²) in [5.41, 5.74) is 1.14. The second-order valence-electron chi connectivity index (χ2n) is 6.78. The Morgan fingerprint density at radius 1 is 1.06 bits per heavy atom. The summed E-state index contributed by atoms with van der Waals surface area (Å²) in [6, 6.07) is 4.72. The summed E-state index contributed by atoms with van der Waals surface area (Å²) in [7, 11) is -1.72. The van der Waals surface area contributed by atoms with Gasteiger partial charge in [-0.1, -0.05) is 11.6 Å². The van der Waals surface area contributed by atoms with E-state index in [9.17, 15) is 22.4 Å². The molecule has 0 amide bonds. The number of thiophene rings is 1. The molecule has 0 aliphatic heterocycles. The summed E-state index contributed by atoms with van der Waals surface area (Å²) < 4.78 is 51.1. The summed E-state index contributed by atoms with van der Waals surface area (Å²) in [4.78, 5) is 29.3. The van der Waals surface area contributed by atoms with Crippen molar-refractivity contribution in [2.75, 3.05) is 18.9 Å². The number of hydrogen-bond acceptors (Lipinski definition) is 8. The maximum atomic E-state index is 13.4. The molecule has 174 valence electrons. The number of rotatable bonds is 6. The first-order valence-electron chi connectivity index (χ1n) is 9.24. The van der Waals surface area contributed by atoms with E-state index in [1.54, 1.807) is 13.8 Å². The third-order valence-electron chi connectivity index (χ3n) is 4.64. The Bertz CT molecular complexity index is 1330. The van der Waals surface area contributed by atoms with Crippen LogP contribution in [0, 0.1) is 19.7 Å². The molecule has 8 nitrogen and oxygen atoms in total. The Morgan fingerprint density at radius 3 is 2.15 bits per heavy atom. The number of carbonyl (C=O) groups is 2. The molecule has 0 atom stereocenters. The number of aryl methyl sites for hydroxylation is 2. The minimum Gasteiger partial charge on any atom is -0.465 e. The lowest BCUT2D eigenvalue weighted by molar-refractivity contribution is 0.0599. The molecule has 0 radical (unpaired) electrons. The van der Waals surface area contributed by atoms with Crippen LogP contribution in [-0.2, 0) is 19.5 Å². The minimum atomic E-state index is -4.09. The highest BCUT2D eigenvalue weighted by Crippen LogP contribution is 2.37. The second kappa shape index (κ2) is 9.46. The van der Waals surface area contributed by atoms with Crippen LogP contribution in [0.2, 0.25) is 5.02 Å². The zero-order chi connectivity index (χ0) is 24.5. The summed E-state index contributed by atoms with van der Waals surface area (Å²) in [5.74, 6) is -2.17. The normalized spacial score (nSPS) is 11.2. The van der Waals surface area contributed by atoms with Crippen molar-refractivity contribution in [1.29, 1.82) is 0 Å². The van der Waals surface area contributed by atoms with Crippen LogP contribution in [0.25, 0.3) is 11.1 Å². The Labute approximate surface area is 198 Å². The predicted octanol–water partition coefficient (Wildman–Crippen LogP) is 4.59. The van der Waals surface area contributed by atoms with E-state index >= 15 is 0 Å². The third-order valence-corrected chi connectivity index (χ3v) is 7.75. The van der Waals surface area contributed by atoms with Crippen molar-refractivity contribution in [2.24, 2.45) is 0 Å². The van der Waals surface area contributed by atoms with E-state index in [0.717, 1.165) is 23.5 Å². The standard InChI is InChI=1S/C21H18ClFN2O6S2/c1-10-17(20(26)30-3)19(18(11(2)24-10)21(27)31-4)12-7-16(32-9-12)33(28,29)25-13-5-6-15(23)14(22)8-13/h5-9,25H,1-4H3. The highest BCUT2D eigenvalue weighted by atomic mass is 35.5. The lowest BCUT2D eigenvalue weighted by atomic mass is 9.94. The first-order valence-corrected chi connectivity index (χ1v) is 12.0. The van der Waals surface area contributed by atoms with Crippen molar-refractivity contribution in [3.63, 3.8) is 0 Å². The monoisotopic (exact) mass is 512 g/mol. The van der Waals surface area contributed by atoms with Crippen LogP contribution in [0.1, 0.15) is 32.1 Å². The fraction of sp³-hybridized carbons (Fsp3) is 0.190. The molecule has 0 unspecified atom stereocenters. The average Bonchev–Trinajstić information content (AvgIpc) is 3.25. The van der Waals surface area contributed by atoms with E-state index in [4.69, 9.17) is 21.1 Å². The van der Waals surface area contributed by atoms with Gasteiger partial charge < -0.3 is 9.47 Å². The van der Waals surface area contributed by atoms with Gasteiger partial charge in [0.15, 0.2) is 0 Å². The SMILES string of the molecule is COC(=O)c1c(C)nc(C)c(C(=O)OC)c1-c1csc(S(=O)(=O)Nc2ccc(F)c(Cl)c2)c1. The van der Waals surface area contributed by atoms with Crippen molar-refractivity contribution in [3.8, 4) is 11.1 Å². The molecule has 0 bridgehead atoms. The lowest BCUT2D eigenvalue weighted by Gasteiger charge is -2.15. The molecule has 0 aliphatic rings. The van der Waals surface area contributed by atoms with E-state index in [2.05, 4.69) is 9.71 Å². The number of anilines is 1. The number of halogens is 2. The topological polar surface area (TPSA) is 112 Å². The summed E-state index contributed by atoms with van der Waals surface area (Å²) in [6.07, 6.45) is 0. The highest BCUT2D eigenvalue weighted by molar-refractivity contribution is 7.94. The zero-order valence-electron chi connectivity index (χ0n) is 17.9. The summed E-state index contributed by atoms with van der Waals surface area (Å²) in [6.45, 7) is 3.15. The summed E-state index contributed by atoms with van der Waals surface area (Å²) in [5, 5.41) is 1.24. The van der Waals surface area contributed by atoms with Crippen molar-refractivity contribution >= 4 is 50.6 Å².